The van der Waals surface area contributed by atoms with Crippen molar-refractivity contribution in [3.05, 3.63) is 54.2 Å². The predicted molar refractivity (Wildman–Crippen MR) is 120 cm³/mol. The SMILES string of the molecule is Cn1nc(-c2ccc(COC(=O)NC3CCNC3)cc2)nc1Nc1ccc2[nH]ncc2c1. The molecule has 2 aromatic heterocycles. The van der Waals surface area contributed by atoms with E-state index in [0.717, 1.165) is 47.2 Å². The van der Waals surface area contributed by atoms with E-state index in [2.05, 4.69) is 36.2 Å². The van der Waals surface area contributed by atoms with Crippen LogP contribution < -0.4 is 16.0 Å². The molecule has 0 aliphatic carbocycles. The topological polar surface area (TPSA) is 122 Å². The van der Waals surface area contributed by atoms with E-state index in [4.69, 9.17) is 4.74 Å². The van der Waals surface area contributed by atoms with Crippen molar-refractivity contribution >= 4 is 28.6 Å². The number of nitrogens with zero attached hydrogens (tertiary/aromatic N) is 4. The Morgan fingerprint density at radius 3 is 2.94 bits per heavy atom. The number of aromatic nitrogens is 5. The highest BCUT2D eigenvalue weighted by Gasteiger charge is 2.17. The van der Waals surface area contributed by atoms with Crippen LogP contribution >= 0.6 is 0 Å². The van der Waals surface area contributed by atoms with Crippen LogP contribution in [-0.4, -0.2) is 50.2 Å². The van der Waals surface area contributed by atoms with Crippen molar-refractivity contribution in [1.82, 2.24) is 35.6 Å². The number of rotatable bonds is 6. The summed E-state index contributed by atoms with van der Waals surface area (Å²) < 4.78 is 7.02. The number of fused-ring (bicyclic) bond motifs is 1. The first kappa shape index (κ1) is 20.0. The molecule has 3 heterocycles. The lowest BCUT2D eigenvalue weighted by molar-refractivity contribution is 0.136. The maximum Gasteiger partial charge on any atom is 0.407 e. The third kappa shape index (κ3) is 4.40. The Bertz CT molecular complexity index is 1220. The first-order chi connectivity index (χ1) is 15.6. The number of alkyl carbamates (subject to hydrolysis) is 1. The first-order valence-corrected chi connectivity index (χ1v) is 10.5. The van der Waals surface area contributed by atoms with Gasteiger partial charge in [0.1, 0.15) is 6.61 Å². The number of anilines is 2. The van der Waals surface area contributed by atoms with Gasteiger partial charge in [-0.2, -0.15) is 10.1 Å². The van der Waals surface area contributed by atoms with E-state index in [1.807, 2.05) is 49.5 Å². The molecule has 1 aliphatic rings. The van der Waals surface area contributed by atoms with Gasteiger partial charge in [0.25, 0.3) is 0 Å². The molecule has 32 heavy (non-hydrogen) atoms. The highest BCUT2D eigenvalue weighted by atomic mass is 16.5. The molecular formula is C22H24N8O2. The Balaban J connectivity index is 1.21. The lowest BCUT2D eigenvalue weighted by atomic mass is 10.1. The molecule has 1 aliphatic heterocycles. The first-order valence-electron chi connectivity index (χ1n) is 10.5. The van der Waals surface area contributed by atoms with Crippen LogP contribution in [-0.2, 0) is 18.4 Å². The zero-order valence-electron chi connectivity index (χ0n) is 17.6. The molecule has 0 bridgehead atoms. The molecule has 10 nitrogen and oxygen atoms in total. The highest BCUT2D eigenvalue weighted by molar-refractivity contribution is 5.82. The summed E-state index contributed by atoms with van der Waals surface area (Å²) in [7, 11) is 1.84. The van der Waals surface area contributed by atoms with Crippen molar-refractivity contribution in [2.75, 3.05) is 18.4 Å². The largest absolute Gasteiger partial charge is 0.445 e. The summed E-state index contributed by atoms with van der Waals surface area (Å²) in [5, 5.41) is 21.9. The third-order valence-electron chi connectivity index (χ3n) is 5.42. The Hall–Kier alpha value is -3.92. The van der Waals surface area contributed by atoms with Crippen LogP contribution in [0.2, 0.25) is 0 Å². The Labute approximate surface area is 184 Å². The van der Waals surface area contributed by atoms with Crippen LogP contribution in [0.15, 0.2) is 48.7 Å². The molecule has 0 spiro atoms. The molecule has 1 saturated heterocycles. The van der Waals surface area contributed by atoms with Crippen LogP contribution in [0.25, 0.3) is 22.3 Å². The quantitative estimate of drug-likeness (QED) is 0.370. The van der Waals surface area contributed by atoms with E-state index in [0.29, 0.717) is 11.8 Å². The highest BCUT2D eigenvalue weighted by Crippen LogP contribution is 2.23. The second kappa shape index (κ2) is 8.67. The molecule has 4 aromatic rings. The smallest absolute Gasteiger partial charge is 0.407 e. The molecule has 1 atom stereocenters. The summed E-state index contributed by atoms with van der Waals surface area (Å²) in [6.07, 6.45) is 2.32. The molecule has 0 radical (unpaired) electrons. The number of nitrogens with one attached hydrogen (secondary N) is 4. The van der Waals surface area contributed by atoms with Gasteiger partial charge in [0.15, 0.2) is 5.82 Å². The van der Waals surface area contributed by atoms with Crippen molar-refractivity contribution in [3.63, 3.8) is 0 Å². The van der Waals surface area contributed by atoms with Crippen LogP contribution in [0.4, 0.5) is 16.4 Å². The minimum absolute atomic E-state index is 0.143. The number of aromatic amines is 1. The summed E-state index contributed by atoms with van der Waals surface area (Å²) in [4.78, 5) is 16.5. The van der Waals surface area contributed by atoms with Crippen molar-refractivity contribution in [3.8, 4) is 11.4 Å². The molecule has 0 saturated carbocycles. The molecule has 1 unspecified atom stereocenters. The fraction of sp³-hybridized carbons (Fsp3) is 0.273. The zero-order valence-corrected chi connectivity index (χ0v) is 17.6. The maximum absolute atomic E-state index is 11.9. The van der Waals surface area contributed by atoms with E-state index in [1.165, 1.54) is 0 Å². The van der Waals surface area contributed by atoms with Gasteiger partial charge in [-0.25, -0.2) is 9.48 Å². The fourth-order valence-electron chi connectivity index (χ4n) is 3.65. The minimum atomic E-state index is -0.390. The van der Waals surface area contributed by atoms with Gasteiger partial charge in [0.05, 0.1) is 11.7 Å². The van der Waals surface area contributed by atoms with Crippen molar-refractivity contribution < 1.29 is 9.53 Å². The monoisotopic (exact) mass is 432 g/mol. The lowest BCUT2D eigenvalue weighted by Gasteiger charge is -2.11. The van der Waals surface area contributed by atoms with Gasteiger partial charge in [-0.15, -0.1) is 5.10 Å². The summed E-state index contributed by atoms with van der Waals surface area (Å²) in [6.45, 7) is 1.92. The number of H-pyrrole nitrogens is 1. The molecule has 4 N–H and O–H groups in total. The second-order valence-corrected chi connectivity index (χ2v) is 7.79. The van der Waals surface area contributed by atoms with E-state index in [-0.39, 0.29) is 12.6 Å². The van der Waals surface area contributed by atoms with Crippen molar-refractivity contribution in [1.29, 1.82) is 0 Å². The van der Waals surface area contributed by atoms with Crippen molar-refractivity contribution in [2.24, 2.45) is 7.05 Å². The summed E-state index contributed by atoms with van der Waals surface area (Å²) in [6, 6.07) is 13.7. The molecule has 2 aromatic carbocycles. The standard InChI is InChI=1S/C22H24N8O2/c1-30-21(25-17-6-7-19-16(10-17)11-24-28-19)27-20(29-30)15-4-2-14(3-5-15)13-32-22(31)26-18-8-9-23-12-18/h2-7,10-11,18,23H,8-9,12-13H2,1H3,(H,24,28)(H,26,31)(H,25,27,29). The van der Waals surface area contributed by atoms with E-state index < -0.39 is 6.09 Å². The van der Waals surface area contributed by atoms with Gasteiger partial charge >= 0.3 is 6.09 Å². The van der Waals surface area contributed by atoms with E-state index >= 15 is 0 Å². The molecule has 1 fully saturated rings. The molecular weight excluding hydrogens is 408 g/mol. The Kier molecular flexibility index (Phi) is 5.42. The normalized spacial score (nSPS) is 15.7. The van der Waals surface area contributed by atoms with E-state index in [9.17, 15) is 4.79 Å². The second-order valence-electron chi connectivity index (χ2n) is 7.79. The minimum Gasteiger partial charge on any atom is -0.445 e. The van der Waals surface area contributed by atoms with Gasteiger partial charge in [-0.1, -0.05) is 24.3 Å². The number of hydrogen-bond donors (Lipinski definition) is 4. The number of carbonyl (C=O) groups excluding carboxylic acids is 1. The van der Waals surface area contributed by atoms with Crippen LogP contribution in [0.5, 0.6) is 0 Å². The predicted octanol–water partition coefficient (Wildman–Crippen LogP) is 2.69. The number of amides is 1. The van der Waals surface area contributed by atoms with Crippen LogP contribution in [0.3, 0.4) is 0 Å². The molecule has 10 heteroatoms. The Morgan fingerprint density at radius 2 is 2.12 bits per heavy atom. The number of aryl methyl sites for hydroxylation is 1. The maximum atomic E-state index is 11.9. The summed E-state index contributed by atoms with van der Waals surface area (Å²) >= 11 is 0. The van der Waals surface area contributed by atoms with E-state index in [1.54, 1.807) is 10.9 Å². The lowest BCUT2D eigenvalue weighted by Crippen LogP contribution is -2.36. The van der Waals surface area contributed by atoms with Gasteiger partial charge in [-0.05, 0) is 36.7 Å². The zero-order chi connectivity index (χ0) is 21.9. The average molecular weight is 432 g/mol. The summed E-state index contributed by atoms with van der Waals surface area (Å²) in [5.74, 6) is 1.24. The van der Waals surface area contributed by atoms with Gasteiger partial charge < -0.3 is 20.7 Å². The fourth-order valence-corrected chi connectivity index (χ4v) is 3.65. The van der Waals surface area contributed by atoms with Crippen molar-refractivity contribution in [2.45, 2.75) is 19.1 Å². The van der Waals surface area contributed by atoms with Gasteiger partial charge in [-0.3, -0.25) is 5.10 Å². The molecule has 164 valence electrons. The number of carbonyl (C=O) groups is 1. The third-order valence-corrected chi connectivity index (χ3v) is 5.42. The number of ether oxygens (including phenoxy) is 1. The molecule has 5 rings (SSSR count). The van der Waals surface area contributed by atoms with Gasteiger partial charge in [0.2, 0.25) is 5.95 Å². The summed E-state index contributed by atoms with van der Waals surface area (Å²) in [5.41, 5.74) is 3.66. The van der Waals surface area contributed by atoms with Gasteiger partial charge in [0, 0.05) is 36.3 Å². The number of hydrogen-bond acceptors (Lipinski definition) is 7. The van der Waals surface area contributed by atoms with Crippen LogP contribution in [0.1, 0.15) is 12.0 Å². The average Bonchev–Trinajstić information content (AvgIpc) is 3.55. The molecule has 1 amide bonds. The Morgan fingerprint density at radius 1 is 1.25 bits per heavy atom. The number of benzene rings is 2. The van der Waals surface area contributed by atoms with Crippen LogP contribution in [0, 0.1) is 0 Å².